The topological polar surface area (TPSA) is 84.0 Å². The number of methoxy groups -OCH3 is 3. The average Bonchev–Trinajstić information content (AvgIpc) is 3.16. The second kappa shape index (κ2) is 7.47. The van der Waals surface area contributed by atoms with Crippen LogP contribution in [0.15, 0.2) is 18.2 Å². The number of nitrogens with zero attached hydrogens (tertiary/aromatic N) is 1. The fourth-order valence-corrected chi connectivity index (χ4v) is 7.14. The molecule has 1 saturated carbocycles. The molecule has 0 bridgehead atoms. The Hall–Kier alpha value is -2.09. The van der Waals surface area contributed by atoms with Gasteiger partial charge in [-0.1, -0.05) is 6.92 Å². The van der Waals surface area contributed by atoms with Gasteiger partial charge in [0.15, 0.2) is 0 Å². The zero-order chi connectivity index (χ0) is 22.8. The van der Waals surface area contributed by atoms with Crippen molar-refractivity contribution in [1.82, 2.24) is 9.88 Å². The van der Waals surface area contributed by atoms with Crippen LogP contribution in [-0.4, -0.2) is 67.6 Å². The molecule has 1 aromatic heterocycles. The summed E-state index contributed by atoms with van der Waals surface area (Å²) < 4.78 is 16.4. The highest BCUT2D eigenvalue weighted by Gasteiger charge is 2.62. The number of aliphatic hydroxyl groups excluding tert-OH is 1. The molecule has 7 nitrogen and oxygen atoms in total. The number of carbonyl (C=O) groups excluding carboxylic acids is 1. The van der Waals surface area contributed by atoms with E-state index in [-0.39, 0.29) is 22.8 Å². The molecule has 2 aromatic rings. The molecule has 1 aromatic carbocycles. The number of hydrogen-bond donors (Lipinski definition) is 2. The fourth-order valence-electron chi connectivity index (χ4n) is 7.14. The average molecular weight is 443 g/mol. The van der Waals surface area contributed by atoms with Gasteiger partial charge in [0, 0.05) is 42.9 Å². The maximum Gasteiger partial charge on any atom is 0.311 e. The molecule has 2 fully saturated rings. The Labute approximate surface area is 189 Å². The van der Waals surface area contributed by atoms with Crippen molar-refractivity contribution in [3.8, 4) is 5.75 Å². The predicted octanol–water partition coefficient (Wildman–Crippen LogP) is 2.84. The minimum absolute atomic E-state index is 0.187. The highest BCUT2D eigenvalue weighted by molar-refractivity contribution is 5.86. The van der Waals surface area contributed by atoms with Crippen LogP contribution in [0.1, 0.15) is 37.9 Å². The molecule has 32 heavy (non-hydrogen) atoms. The molecular formula is C25H34N2O5. The van der Waals surface area contributed by atoms with Crippen molar-refractivity contribution in [2.45, 2.75) is 50.9 Å². The van der Waals surface area contributed by atoms with Crippen LogP contribution in [0.3, 0.4) is 0 Å². The van der Waals surface area contributed by atoms with Gasteiger partial charge in [-0.2, -0.15) is 0 Å². The number of carbonyl (C=O) groups is 1. The monoisotopic (exact) mass is 442 g/mol. The Kier molecular flexibility index (Phi) is 5.07. The third-order valence-corrected chi connectivity index (χ3v) is 8.75. The van der Waals surface area contributed by atoms with E-state index in [1.165, 1.54) is 23.8 Å². The number of rotatable bonds is 3. The first-order chi connectivity index (χ1) is 15.3. The minimum Gasteiger partial charge on any atom is -0.497 e. The quantitative estimate of drug-likeness (QED) is 0.712. The molecule has 0 amide bonds. The van der Waals surface area contributed by atoms with Crippen molar-refractivity contribution in [2.75, 3.05) is 34.4 Å². The molecule has 1 aliphatic carbocycles. The van der Waals surface area contributed by atoms with Gasteiger partial charge in [0.1, 0.15) is 5.75 Å². The van der Waals surface area contributed by atoms with Crippen molar-refractivity contribution in [3.05, 3.63) is 29.5 Å². The second-order valence-electron chi connectivity index (χ2n) is 10.2. The third-order valence-electron chi connectivity index (χ3n) is 8.75. The van der Waals surface area contributed by atoms with E-state index in [0.717, 1.165) is 37.2 Å². The van der Waals surface area contributed by atoms with Crippen molar-refractivity contribution in [1.29, 1.82) is 0 Å². The molecule has 174 valence electrons. The number of fused-ring (bicyclic) bond motifs is 6. The highest BCUT2D eigenvalue weighted by Crippen LogP contribution is 2.59. The molecule has 0 radical (unpaired) electrons. The Morgan fingerprint density at radius 3 is 2.72 bits per heavy atom. The number of benzene rings is 1. The van der Waals surface area contributed by atoms with Crippen LogP contribution in [0.5, 0.6) is 5.75 Å². The predicted molar refractivity (Wildman–Crippen MR) is 121 cm³/mol. The fraction of sp³-hybridized carbons (Fsp3) is 0.640. The van der Waals surface area contributed by atoms with E-state index in [2.05, 4.69) is 35.9 Å². The summed E-state index contributed by atoms with van der Waals surface area (Å²) >= 11 is 0. The summed E-state index contributed by atoms with van der Waals surface area (Å²) in [5, 5.41) is 12.1. The molecule has 6 unspecified atom stereocenters. The number of aromatic amines is 1. The number of aromatic nitrogens is 1. The Bertz CT molecular complexity index is 1050. The first kappa shape index (κ1) is 21.7. The van der Waals surface area contributed by atoms with E-state index in [1.54, 1.807) is 14.2 Å². The number of nitrogens with one attached hydrogen (secondary N) is 1. The van der Waals surface area contributed by atoms with Gasteiger partial charge < -0.3 is 24.3 Å². The number of ether oxygens (including phenoxy) is 3. The lowest BCUT2D eigenvalue weighted by Crippen LogP contribution is -2.66. The maximum absolute atomic E-state index is 13.0. The number of piperidine rings is 1. The Balaban J connectivity index is 1.62. The molecular weight excluding hydrogens is 408 g/mol. The van der Waals surface area contributed by atoms with Crippen molar-refractivity contribution >= 4 is 16.9 Å². The Morgan fingerprint density at radius 1 is 1.25 bits per heavy atom. The largest absolute Gasteiger partial charge is 0.497 e. The summed E-state index contributed by atoms with van der Waals surface area (Å²) in [6.07, 6.45) is 1.16. The third kappa shape index (κ3) is 2.87. The highest BCUT2D eigenvalue weighted by atomic mass is 16.5. The summed E-state index contributed by atoms with van der Waals surface area (Å²) in [6.45, 7) is 6.29. The lowest BCUT2D eigenvalue weighted by molar-refractivity contribution is -0.203. The van der Waals surface area contributed by atoms with Gasteiger partial charge in [-0.05, 0) is 55.2 Å². The number of esters is 1. The van der Waals surface area contributed by atoms with Gasteiger partial charge in [0.2, 0.25) is 0 Å². The lowest BCUT2D eigenvalue weighted by atomic mass is 9.52. The van der Waals surface area contributed by atoms with Gasteiger partial charge in [0.25, 0.3) is 0 Å². The molecule has 5 rings (SSSR count). The summed E-state index contributed by atoms with van der Waals surface area (Å²) in [5.74, 6) is 0.216. The minimum atomic E-state index is -0.674. The van der Waals surface area contributed by atoms with Gasteiger partial charge in [-0.3, -0.25) is 9.69 Å². The van der Waals surface area contributed by atoms with Gasteiger partial charge in [-0.15, -0.1) is 0 Å². The lowest BCUT2D eigenvalue weighted by Gasteiger charge is -2.62. The molecule has 7 heteroatoms. The van der Waals surface area contributed by atoms with E-state index in [9.17, 15) is 9.90 Å². The second-order valence-corrected chi connectivity index (χ2v) is 10.2. The normalized spacial score (nSPS) is 36.8. The van der Waals surface area contributed by atoms with E-state index in [0.29, 0.717) is 6.42 Å². The zero-order valence-electron chi connectivity index (χ0n) is 19.6. The van der Waals surface area contributed by atoms with Crippen molar-refractivity contribution in [3.63, 3.8) is 0 Å². The maximum atomic E-state index is 13.0. The van der Waals surface area contributed by atoms with E-state index in [4.69, 9.17) is 14.2 Å². The van der Waals surface area contributed by atoms with Crippen LogP contribution < -0.4 is 4.74 Å². The smallest absolute Gasteiger partial charge is 0.311 e. The molecule has 0 spiro atoms. The van der Waals surface area contributed by atoms with Crippen molar-refractivity contribution < 1.29 is 24.1 Å². The first-order valence-electron chi connectivity index (χ1n) is 11.5. The van der Waals surface area contributed by atoms with Crippen LogP contribution in [-0.2, 0) is 26.2 Å². The molecule has 3 aliphatic rings. The molecule has 3 heterocycles. The summed E-state index contributed by atoms with van der Waals surface area (Å²) in [5.41, 5.74) is 3.07. The molecule has 6 atom stereocenters. The van der Waals surface area contributed by atoms with Crippen LogP contribution in [0.25, 0.3) is 10.9 Å². The van der Waals surface area contributed by atoms with Crippen molar-refractivity contribution in [2.24, 2.45) is 17.3 Å². The van der Waals surface area contributed by atoms with Crippen LogP contribution >= 0.6 is 0 Å². The van der Waals surface area contributed by atoms with Gasteiger partial charge in [0.05, 0.1) is 37.9 Å². The number of hydrogen-bond acceptors (Lipinski definition) is 6. The van der Waals surface area contributed by atoms with Crippen LogP contribution in [0, 0.1) is 17.3 Å². The number of H-pyrrole nitrogens is 1. The van der Waals surface area contributed by atoms with E-state index in [1.807, 2.05) is 6.07 Å². The summed E-state index contributed by atoms with van der Waals surface area (Å²) in [7, 11) is 4.69. The van der Waals surface area contributed by atoms with Crippen LogP contribution in [0.2, 0.25) is 0 Å². The van der Waals surface area contributed by atoms with Crippen LogP contribution in [0.4, 0.5) is 0 Å². The van der Waals surface area contributed by atoms with Gasteiger partial charge in [-0.25, -0.2) is 0 Å². The van der Waals surface area contributed by atoms with E-state index < -0.39 is 18.1 Å². The van der Waals surface area contributed by atoms with E-state index >= 15 is 0 Å². The molecule has 1 saturated heterocycles. The zero-order valence-corrected chi connectivity index (χ0v) is 19.6. The molecule has 2 N–H and O–H groups in total. The standard InChI is InChI=1S/C25H34N2O5/c1-24-13-25(2)22-17(16-7-6-15(30-3)11-18(16)26-22)8-9-27(25)12-14(24)10-19(28)21(31-4)20(24)23(29)32-5/h6-7,11,14,19-21,26,28H,8-10,12-13H2,1-5H3. The first-order valence-corrected chi connectivity index (χ1v) is 11.5. The number of aliphatic hydroxyl groups is 1. The summed E-state index contributed by atoms with van der Waals surface area (Å²) in [6, 6.07) is 6.22. The SMILES string of the molecule is COC(=O)C1C(OC)C(O)CC2CN3CCc4c([nH]c5cc(OC)ccc45)C3(C)CC21C. The Morgan fingerprint density at radius 2 is 2.03 bits per heavy atom. The van der Waals surface area contributed by atoms with Gasteiger partial charge >= 0.3 is 5.97 Å². The summed E-state index contributed by atoms with van der Waals surface area (Å²) in [4.78, 5) is 19.3. The molecule has 2 aliphatic heterocycles.